The molecule has 1 atom stereocenters. The van der Waals surface area contributed by atoms with Crippen LogP contribution in [0.2, 0.25) is 0 Å². The van der Waals surface area contributed by atoms with Crippen LogP contribution in [0.25, 0.3) is 6.08 Å². The van der Waals surface area contributed by atoms with Crippen LogP contribution in [-0.4, -0.2) is 40.3 Å². The van der Waals surface area contributed by atoms with E-state index in [1.54, 1.807) is 30.3 Å². The van der Waals surface area contributed by atoms with Gasteiger partial charge < -0.3 is 20.7 Å². The Hall–Kier alpha value is -3.01. The Balaban J connectivity index is 1.73. The number of hydrogen-bond donors (Lipinski definition) is 3. The molecule has 1 fully saturated rings. The number of anilines is 1. The lowest BCUT2D eigenvalue weighted by Gasteiger charge is -2.25. The van der Waals surface area contributed by atoms with Crippen molar-refractivity contribution in [1.82, 2.24) is 10.6 Å². The molecule has 2 aromatic rings. The van der Waals surface area contributed by atoms with Gasteiger partial charge in [-0.05, 0) is 62.6 Å². The van der Waals surface area contributed by atoms with E-state index in [2.05, 4.69) is 22.9 Å². The summed E-state index contributed by atoms with van der Waals surface area (Å²) in [6.45, 7) is 7.78. The molecule has 9 heteroatoms. The highest BCUT2D eigenvalue weighted by atomic mass is 32.2. The molecule has 1 aliphatic rings. The van der Waals surface area contributed by atoms with Crippen LogP contribution in [0.5, 0.6) is 0 Å². The summed E-state index contributed by atoms with van der Waals surface area (Å²) in [6.07, 6.45) is 3.49. The summed E-state index contributed by atoms with van der Waals surface area (Å²) in [6, 6.07) is 13.5. The van der Waals surface area contributed by atoms with E-state index < -0.39 is 17.6 Å². The average molecular weight is 526 g/mol. The van der Waals surface area contributed by atoms with Gasteiger partial charge in [-0.25, -0.2) is 0 Å². The molecule has 0 bridgehead atoms. The largest absolute Gasteiger partial charge is 0.373 e. The molecule has 190 valence electrons. The molecule has 0 unspecified atom stereocenters. The van der Waals surface area contributed by atoms with Crippen LogP contribution in [0.4, 0.5) is 5.69 Å². The number of nitrogens with one attached hydrogen (secondary N) is 3. The zero-order chi connectivity index (χ0) is 26.3. The molecule has 3 rings (SSSR count). The molecule has 0 radical (unpaired) electrons. The summed E-state index contributed by atoms with van der Waals surface area (Å²) in [7, 11) is 0. The second-order valence-electron chi connectivity index (χ2n) is 9.32. The molecule has 3 N–H and O–H groups in total. The molecule has 1 aliphatic heterocycles. The van der Waals surface area contributed by atoms with Crippen molar-refractivity contribution < 1.29 is 19.1 Å². The maximum atomic E-state index is 13.2. The number of amides is 3. The fraction of sp³-hybridized carbons (Fsp3) is 0.333. The molecule has 3 amide bonds. The van der Waals surface area contributed by atoms with Gasteiger partial charge in [0.2, 0.25) is 5.91 Å². The summed E-state index contributed by atoms with van der Waals surface area (Å²) >= 11 is 6.20. The Morgan fingerprint density at radius 2 is 1.83 bits per heavy atom. The van der Waals surface area contributed by atoms with Crippen LogP contribution < -0.4 is 16.0 Å². The van der Waals surface area contributed by atoms with Gasteiger partial charge in [0, 0.05) is 11.3 Å². The van der Waals surface area contributed by atoms with Gasteiger partial charge in [-0.15, -0.1) is 0 Å². The van der Waals surface area contributed by atoms with E-state index in [9.17, 15) is 14.4 Å². The monoisotopic (exact) mass is 525 g/mol. The third-order valence-electron chi connectivity index (χ3n) is 5.21. The standard InChI is InChI=1S/C27H31N3O4S2/c1-5-8-18-9-6-7-10-20(18)28-24(32)21(16-34-27(2,3)4)29-23(31)19-13-11-17(12-14-19)15-22-25(33)30-26(35)36-22/h6-7,9-15,21H,5,8,16H2,1-4H3,(H,28,32)(H,29,31)(H,30,33,35)/b22-15-/t21-/m0/s1. The van der Waals surface area contributed by atoms with Crippen molar-refractivity contribution in [1.29, 1.82) is 0 Å². The number of thioether (sulfide) groups is 1. The highest BCUT2D eigenvalue weighted by Crippen LogP contribution is 2.26. The zero-order valence-corrected chi connectivity index (χ0v) is 22.5. The fourth-order valence-corrected chi connectivity index (χ4v) is 4.45. The minimum absolute atomic E-state index is 0.0213. The average Bonchev–Trinajstić information content (AvgIpc) is 3.14. The Morgan fingerprint density at radius 1 is 1.14 bits per heavy atom. The summed E-state index contributed by atoms with van der Waals surface area (Å²) in [4.78, 5) is 38.6. The van der Waals surface area contributed by atoms with E-state index in [1.807, 2.05) is 45.0 Å². The molecular formula is C27H31N3O4S2. The van der Waals surface area contributed by atoms with E-state index in [4.69, 9.17) is 17.0 Å². The first-order valence-corrected chi connectivity index (χ1v) is 13.0. The third kappa shape index (κ3) is 8.01. The number of benzene rings is 2. The van der Waals surface area contributed by atoms with E-state index >= 15 is 0 Å². The van der Waals surface area contributed by atoms with Crippen LogP contribution in [-0.2, 0) is 20.7 Å². The van der Waals surface area contributed by atoms with Crippen molar-refractivity contribution >= 4 is 57.8 Å². The van der Waals surface area contributed by atoms with Crippen molar-refractivity contribution in [2.45, 2.75) is 52.2 Å². The molecule has 1 heterocycles. The maximum Gasteiger partial charge on any atom is 0.263 e. The van der Waals surface area contributed by atoms with E-state index in [-0.39, 0.29) is 18.4 Å². The lowest BCUT2D eigenvalue weighted by Crippen LogP contribution is -2.48. The van der Waals surface area contributed by atoms with Crippen LogP contribution in [0.15, 0.2) is 53.4 Å². The summed E-state index contributed by atoms with van der Waals surface area (Å²) in [5.74, 6) is -0.986. The molecule has 0 saturated carbocycles. The predicted molar refractivity (Wildman–Crippen MR) is 149 cm³/mol. The van der Waals surface area contributed by atoms with Gasteiger partial charge in [-0.3, -0.25) is 14.4 Å². The van der Waals surface area contributed by atoms with Gasteiger partial charge in [0.15, 0.2) is 0 Å². The van der Waals surface area contributed by atoms with Crippen LogP contribution in [0.3, 0.4) is 0 Å². The Kier molecular flexibility index (Phi) is 9.42. The predicted octanol–water partition coefficient (Wildman–Crippen LogP) is 4.68. The molecule has 0 aliphatic carbocycles. The summed E-state index contributed by atoms with van der Waals surface area (Å²) in [5, 5.41) is 8.33. The van der Waals surface area contributed by atoms with Gasteiger partial charge in [-0.2, -0.15) is 0 Å². The van der Waals surface area contributed by atoms with Crippen molar-refractivity contribution in [2.75, 3.05) is 11.9 Å². The van der Waals surface area contributed by atoms with Crippen molar-refractivity contribution in [3.8, 4) is 0 Å². The summed E-state index contributed by atoms with van der Waals surface area (Å²) < 4.78 is 6.26. The Bertz CT molecular complexity index is 1170. The molecule has 7 nitrogen and oxygen atoms in total. The molecule has 2 aromatic carbocycles. The number of para-hydroxylation sites is 1. The third-order valence-corrected chi connectivity index (χ3v) is 6.37. The van der Waals surface area contributed by atoms with E-state index in [1.165, 1.54) is 11.8 Å². The van der Waals surface area contributed by atoms with Crippen LogP contribution in [0, 0.1) is 0 Å². The van der Waals surface area contributed by atoms with Crippen LogP contribution in [0.1, 0.15) is 55.6 Å². The Labute approximate surface area is 221 Å². The van der Waals surface area contributed by atoms with Gasteiger partial charge in [0.1, 0.15) is 10.4 Å². The minimum Gasteiger partial charge on any atom is -0.373 e. The number of rotatable bonds is 9. The lowest BCUT2D eigenvalue weighted by atomic mass is 10.1. The van der Waals surface area contributed by atoms with Gasteiger partial charge in [0.25, 0.3) is 11.8 Å². The minimum atomic E-state index is -0.896. The number of ether oxygens (including phenoxy) is 1. The smallest absolute Gasteiger partial charge is 0.263 e. The van der Waals surface area contributed by atoms with Gasteiger partial charge in [-0.1, -0.05) is 67.7 Å². The van der Waals surface area contributed by atoms with Crippen LogP contribution >= 0.6 is 24.0 Å². The Morgan fingerprint density at radius 3 is 2.44 bits per heavy atom. The normalized spacial score (nSPS) is 15.5. The van der Waals surface area contributed by atoms with Gasteiger partial charge >= 0.3 is 0 Å². The quantitative estimate of drug-likeness (QED) is 0.325. The zero-order valence-electron chi connectivity index (χ0n) is 20.8. The first kappa shape index (κ1) is 27.6. The highest BCUT2D eigenvalue weighted by Gasteiger charge is 2.25. The van der Waals surface area contributed by atoms with Gasteiger partial charge in [0.05, 0.1) is 17.1 Å². The molecule has 36 heavy (non-hydrogen) atoms. The molecule has 1 saturated heterocycles. The first-order valence-electron chi connectivity index (χ1n) is 11.7. The second-order valence-corrected chi connectivity index (χ2v) is 11.0. The van der Waals surface area contributed by atoms with Crippen molar-refractivity contribution in [2.24, 2.45) is 0 Å². The number of carbonyl (C=O) groups is 3. The van der Waals surface area contributed by atoms with Crippen molar-refractivity contribution in [3.63, 3.8) is 0 Å². The number of hydrogen-bond acceptors (Lipinski definition) is 6. The highest BCUT2D eigenvalue weighted by molar-refractivity contribution is 8.26. The summed E-state index contributed by atoms with van der Waals surface area (Å²) in [5.41, 5.74) is 2.42. The molecular weight excluding hydrogens is 494 g/mol. The first-order chi connectivity index (χ1) is 17.1. The number of carbonyl (C=O) groups excluding carboxylic acids is 3. The SMILES string of the molecule is CCCc1ccccc1NC(=O)[C@H](COC(C)(C)C)NC(=O)c1ccc(/C=C2\SC(=S)NC2=O)cc1. The molecule has 0 aromatic heterocycles. The maximum absolute atomic E-state index is 13.2. The lowest BCUT2D eigenvalue weighted by molar-refractivity contribution is -0.121. The fourth-order valence-electron chi connectivity index (χ4n) is 3.41. The number of thiocarbonyl (C=S) groups is 1. The second kappa shape index (κ2) is 12.3. The topological polar surface area (TPSA) is 96.5 Å². The number of aryl methyl sites for hydroxylation is 1. The molecule has 0 spiro atoms. The van der Waals surface area contributed by atoms with E-state index in [0.29, 0.717) is 14.8 Å². The van der Waals surface area contributed by atoms with Crippen molar-refractivity contribution in [3.05, 3.63) is 70.1 Å². The van der Waals surface area contributed by atoms with E-state index in [0.717, 1.165) is 29.7 Å².